The van der Waals surface area contributed by atoms with Crippen LogP contribution in [0.25, 0.3) is 10.2 Å². The third-order valence-corrected chi connectivity index (χ3v) is 4.04. The van der Waals surface area contributed by atoms with Gasteiger partial charge in [0.2, 0.25) is 0 Å². The molecule has 3 rings (SSSR count). The Morgan fingerprint density at radius 3 is 3.00 bits per heavy atom. The Morgan fingerprint density at radius 2 is 2.16 bits per heavy atom. The fourth-order valence-electron chi connectivity index (χ4n) is 1.69. The first-order chi connectivity index (χ1) is 9.22. The lowest BCUT2D eigenvalue weighted by Crippen LogP contribution is -2.04. The Kier molecular flexibility index (Phi) is 3.52. The van der Waals surface area contributed by atoms with Crippen molar-refractivity contribution < 1.29 is 4.74 Å². The highest BCUT2D eigenvalue weighted by molar-refractivity contribution is 14.1. The molecule has 2 heterocycles. The van der Waals surface area contributed by atoms with E-state index in [0.717, 1.165) is 19.5 Å². The number of benzene rings is 1. The van der Waals surface area contributed by atoms with Crippen LogP contribution in [0.2, 0.25) is 0 Å². The molecule has 3 aromatic rings. The largest absolute Gasteiger partial charge is 0.486 e. The molecule has 0 aliphatic rings. The minimum absolute atomic E-state index is 0.318. The van der Waals surface area contributed by atoms with E-state index in [2.05, 4.69) is 32.6 Å². The lowest BCUT2D eigenvalue weighted by atomic mass is 10.3. The maximum absolute atomic E-state index is 5.89. The number of nitrogens with two attached hydrogens (primary N) is 1. The molecule has 0 bridgehead atoms. The van der Waals surface area contributed by atoms with Crippen LogP contribution in [0.3, 0.4) is 0 Å². The monoisotopic (exact) mass is 383 g/mol. The summed E-state index contributed by atoms with van der Waals surface area (Å²) in [6.45, 7) is 0.318. The number of halogens is 1. The van der Waals surface area contributed by atoms with Gasteiger partial charge in [-0.1, -0.05) is 6.07 Å². The summed E-state index contributed by atoms with van der Waals surface area (Å²) in [4.78, 5) is 9.59. The Hall–Kier alpha value is -1.41. The van der Waals surface area contributed by atoms with E-state index in [1.165, 1.54) is 0 Å². The second-order valence-corrected chi connectivity index (χ2v) is 6.05. The van der Waals surface area contributed by atoms with Crippen molar-refractivity contribution in [3.05, 3.63) is 45.1 Å². The minimum atomic E-state index is 0.318. The molecule has 0 saturated heterocycles. The quantitative estimate of drug-likeness (QED) is 0.704. The highest BCUT2D eigenvalue weighted by atomic mass is 127. The number of hydrogen-bond acceptors (Lipinski definition) is 5. The van der Waals surface area contributed by atoms with E-state index in [1.54, 1.807) is 11.3 Å². The molecule has 96 valence electrons. The van der Waals surface area contributed by atoms with Crippen molar-refractivity contribution in [1.29, 1.82) is 0 Å². The minimum Gasteiger partial charge on any atom is -0.486 e. The van der Waals surface area contributed by atoms with Crippen LogP contribution in [0.15, 0.2) is 35.7 Å². The first-order valence-electron chi connectivity index (χ1n) is 5.60. The molecule has 0 atom stereocenters. The Labute approximate surface area is 127 Å². The van der Waals surface area contributed by atoms with Crippen LogP contribution in [-0.4, -0.2) is 9.97 Å². The molecule has 0 saturated carbocycles. The number of nitrogens with zero attached hydrogens (tertiary/aromatic N) is 2. The summed E-state index contributed by atoms with van der Waals surface area (Å²) in [5, 5.41) is 2.86. The maximum Gasteiger partial charge on any atom is 0.169 e. The third kappa shape index (κ3) is 2.79. The van der Waals surface area contributed by atoms with E-state index < -0.39 is 0 Å². The van der Waals surface area contributed by atoms with E-state index in [-0.39, 0.29) is 0 Å². The van der Waals surface area contributed by atoms with Gasteiger partial charge in [0, 0.05) is 3.57 Å². The number of aromatic nitrogens is 2. The highest BCUT2D eigenvalue weighted by Crippen LogP contribution is 2.23. The smallest absolute Gasteiger partial charge is 0.169 e. The van der Waals surface area contributed by atoms with Gasteiger partial charge >= 0.3 is 0 Å². The van der Waals surface area contributed by atoms with Gasteiger partial charge in [0.15, 0.2) is 5.82 Å². The van der Waals surface area contributed by atoms with Gasteiger partial charge in [-0.3, -0.25) is 0 Å². The van der Waals surface area contributed by atoms with E-state index >= 15 is 0 Å². The molecule has 2 N–H and O–H groups in total. The number of thiophene rings is 1. The highest BCUT2D eigenvalue weighted by Gasteiger charge is 2.07. The zero-order valence-electron chi connectivity index (χ0n) is 9.84. The third-order valence-electron chi connectivity index (χ3n) is 2.56. The molecule has 0 aliphatic carbocycles. The van der Waals surface area contributed by atoms with Gasteiger partial charge in [0.05, 0.1) is 5.39 Å². The number of anilines is 1. The standard InChI is InChI=1S/C13H10IN3OS/c14-8-2-1-3-9(6-8)18-7-11-16-12(15)10-4-5-19-13(10)17-11/h1-6H,7H2,(H2,15,16,17). The summed E-state index contributed by atoms with van der Waals surface area (Å²) in [6.07, 6.45) is 0. The van der Waals surface area contributed by atoms with Crippen LogP contribution in [0.1, 0.15) is 5.82 Å². The summed E-state index contributed by atoms with van der Waals surface area (Å²) >= 11 is 3.80. The van der Waals surface area contributed by atoms with Crippen molar-refractivity contribution in [2.24, 2.45) is 0 Å². The van der Waals surface area contributed by atoms with Crippen LogP contribution in [0, 0.1) is 3.57 Å². The van der Waals surface area contributed by atoms with Crippen LogP contribution >= 0.6 is 33.9 Å². The molecular formula is C13H10IN3OS. The normalized spacial score (nSPS) is 10.8. The lowest BCUT2D eigenvalue weighted by molar-refractivity contribution is 0.296. The molecule has 0 fully saturated rings. The zero-order valence-corrected chi connectivity index (χ0v) is 12.8. The fourth-order valence-corrected chi connectivity index (χ4v) is 3.00. The van der Waals surface area contributed by atoms with Crippen LogP contribution < -0.4 is 10.5 Å². The summed E-state index contributed by atoms with van der Waals surface area (Å²) in [7, 11) is 0. The summed E-state index contributed by atoms with van der Waals surface area (Å²) < 4.78 is 6.80. The number of nitrogen functional groups attached to an aromatic ring is 1. The van der Waals surface area contributed by atoms with Crippen molar-refractivity contribution in [3.8, 4) is 5.75 Å². The molecule has 0 amide bonds. The summed E-state index contributed by atoms with van der Waals surface area (Å²) in [6, 6.07) is 9.77. The Balaban J connectivity index is 1.81. The molecular weight excluding hydrogens is 373 g/mol. The van der Waals surface area contributed by atoms with Crippen LogP contribution in [-0.2, 0) is 6.61 Å². The predicted octanol–water partition coefficient (Wildman–Crippen LogP) is 3.46. The van der Waals surface area contributed by atoms with Gasteiger partial charge in [0.25, 0.3) is 0 Å². The van der Waals surface area contributed by atoms with Gasteiger partial charge < -0.3 is 10.5 Å². The van der Waals surface area contributed by atoms with Gasteiger partial charge in [-0.2, -0.15) is 0 Å². The zero-order chi connectivity index (χ0) is 13.2. The molecule has 0 unspecified atom stereocenters. The van der Waals surface area contributed by atoms with Gasteiger partial charge in [0.1, 0.15) is 23.0 Å². The van der Waals surface area contributed by atoms with E-state index in [1.807, 2.05) is 35.7 Å². The SMILES string of the molecule is Nc1nc(COc2cccc(I)c2)nc2sccc12. The number of ether oxygens (including phenoxy) is 1. The molecule has 4 nitrogen and oxygen atoms in total. The Morgan fingerprint density at radius 1 is 1.26 bits per heavy atom. The van der Waals surface area contributed by atoms with Crippen LogP contribution in [0.5, 0.6) is 5.75 Å². The topological polar surface area (TPSA) is 61.0 Å². The van der Waals surface area contributed by atoms with Crippen molar-refractivity contribution in [1.82, 2.24) is 9.97 Å². The number of fused-ring (bicyclic) bond motifs is 1. The van der Waals surface area contributed by atoms with Gasteiger partial charge in [-0.25, -0.2) is 9.97 Å². The lowest BCUT2D eigenvalue weighted by Gasteiger charge is -2.06. The molecule has 0 spiro atoms. The van der Waals surface area contributed by atoms with Crippen molar-refractivity contribution in [3.63, 3.8) is 0 Å². The van der Waals surface area contributed by atoms with Crippen LogP contribution in [0.4, 0.5) is 5.82 Å². The van der Waals surface area contributed by atoms with Crippen molar-refractivity contribution in [2.45, 2.75) is 6.61 Å². The van der Waals surface area contributed by atoms with Crippen molar-refractivity contribution >= 4 is 50.0 Å². The Bertz CT molecular complexity index is 729. The summed E-state index contributed by atoms with van der Waals surface area (Å²) in [5.74, 6) is 1.92. The number of rotatable bonds is 3. The fraction of sp³-hybridized carbons (Fsp3) is 0.0769. The van der Waals surface area contributed by atoms with E-state index in [9.17, 15) is 0 Å². The second kappa shape index (κ2) is 5.30. The first-order valence-corrected chi connectivity index (χ1v) is 7.56. The van der Waals surface area contributed by atoms with Gasteiger partial charge in [-0.15, -0.1) is 11.3 Å². The molecule has 2 aromatic heterocycles. The summed E-state index contributed by atoms with van der Waals surface area (Å²) in [5.41, 5.74) is 5.89. The average molecular weight is 383 g/mol. The maximum atomic E-state index is 5.89. The van der Waals surface area contributed by atoms with Crippen molar-refractivity contribution in [2.75, 3.05) is 5.73 Å². The second-order valence-electron chi connectivity index (χ2n) is 3.91. The van der Waals surface area contributed by atoms with Gasteiger partial charge in [-0.05, 0) is 52.2 Å². The first kappa shape index (κ1) is 12.6. The van der Waals surface area contributed by atoms with E-state index in [4.69, 9.17) is 10.5 Å². The molecule has 0 radical (unpaired) electrons. The molecule has 6 heteroatoms. The average Bonchev–Trinajstić information content (AvgIpc) is 2.85. The molecule has 1 aromatic carbocycles. The molecule has 19 heavy (non-hydrogen) atoms. The molecule has 0 aliphatic heterocycles. The van der Waals surface area contributed by atoms with E-state index in [0.29, 0.717) is 18.2 Å². The predicted molar refractivity (Wildman–Crippen MR) is 85.3 cm³/mol. The number of hydrogen-bond donors (Lipinski definition) is 1.